The maximum Gasteiger partial charge on any atom is 0.0147 e. The minimum absolute atomic E-state index is 0.0829. The fraction of sp³-hybridized carbons (Fsp3) is 0.625. The third-order valence-electron chi connectivity index (χ3n) is 2.34. The number of hydrogen-bond acceptors (Lipinski definition) is 1. The molecule has 1 heteroatoms. The van der Waals surface area contributed by atoms with E-state index >= 15 is 0 Å². The summed E-state index contributed by atoms with van der Waals surface area (Å²) in [5, 5.41) is 0. The molecule has 1 aromatic rings. The van der Waals surface area contributed by atoms with E-state index in [0.29, 0.717) is 5.41 Å². The Labute approximate surface area is 113 Å². The molecule has 1 aromatic carbocycles. The normalized spacial score (nSPS) is 14.5. The summed E-state index contributed by atoms with van der Waals surface area (Å²) in [6.45, 7) is 13.0. The second kappa shape index (κ2) is 7.10. The molecule has 0 aliphatic carbocycles. The molecule has 0 heterocycles. The van der Waals surface area contributed by atoms with Crippen molar-refractivity contribution in [3.05, 3.63) is 35.9 Å². The van der Waals surface area contributed by atoms with Crippen molar-refractivity contribution in [1.82, 2.24) is 0 Å². The Kier molecular flexibility index (Phi) is 6.92. The maximum atomic E-state index is 4.79. The molecule has 0 aliphatic rings. The Hall–Kier alpha value is -0.430. The van der Waals surface area contributed by atoms with Gasteiger partial charge < -0.3 is 0 Å². The molecule has 0 fully saturated rings. The van der Waals surface area contributed by atoms with Crippen LogP contribution in [0.15, 0.2) is 30.3 Å². The SMILES string of the molecule is CC.CC(C)(C)CC(C)(S)Cc1ccccc1. The molecule has 1 rings (SSSR count). The van der Waals surface area contributed by atoms with Gasteiger partial charge in [0.2, 0.25) is 0 Å². The highest BCUT2D eigenvalue weighted by Crippen LogP contribution is 2.33. The Bertz CT molecular complexity index is 293. The second-order valence-electron chi connectivity index (χ2n) is 5.90. The van der Waals surface area contributed by atoms with E-state index in [1.807, 2.05) is 13.8 Å². The van der Waals surface area contributed by atoms with Gasteiger partial charge in [0.05, 0.1) is 0 Å². The summed E-state index contributed by atoms with van der Waals surface area (Å²) < 4.78 is 0.0829. The van der Waals surface area contributed by atoms with E-state index in [2.05, 4.69) is 58.0 Å². The zero-order valence-electron chi connectivity index (χ0n) is 12.2. The van der Waals surface area contributed by atoms with E-state index in [1.54, 1.807) is 0 Å². The third-order valence-corrected chi connectivity index (χ3v) is 2.66. The highest BCUT2D eigenvalue weighted by atomic mass is 32.1. The van der Waals surface area contributed by atoms with Crippen LogP contribution in [0.25, 0.3) is 0 Å². The van der Waals surface area contributed by atoms with E-state index < -0.39 is 0 Å². The van der Waals surface area contributed by atoms with Gasteiger partial charge in [-0.1, -0.05) is 71.9 Å². The molecular formula is C16H28S. The first-order chi connectivity index (χ1) is 7.79. The average Bonchev–Trinajstić information content (AvgIpc) is 2.17. The first-order valence-electron chi connectivity index (χ1n) is 6.55. The Morgan fingerprint density at radius 2 is 1.41 bits per heavy atom. The summed E-state index contributed by atoms with van der Waals surface area (Å²) >= 11 is 4.79. The van der Waals surface area contributed by atoms with Gasteiger partial charge in [0, 0.05) is 4.75 Å². The van der Waals surface area contributed by atoms with Crippen molar-refractivity contribution in [3.8, 4) is 0 Å². The first-order valence-corrected chi connectivity index (χ1v) is 7.00. The maximum absolute atomic E-state index is 4.79. The lowest BCUT2D eigenvalue weighted by atomic mass is 9.82. The molecule has 1 unspecified atom stereocenters. The van der Waals surface area contributed by atoms with Gasteiger partial charge in [-0.25, -0.2) is 0 Å². The number of benzene rings is 1. The van der Waals surface area contributed by atoms with Crippen LogP contribution in [-0.4, -0.2) is 4.75 Å². The Balaban J connectivity index is 0.00000121. The van der Waals surface area contributed by atoms with Crippen LogP contribution >= 0.6 is 12.6 Å². The summed E-state index contributed by atoms with van der Waals surface area (Å²) in [5.74, 6) is 0. The van der Waals surface area contributed by atoms with Gasteiger partial charge in [0.15, 0.2) is 0 Å². The first kappa shape index (κ1) is 16.6. The van der Waals surface area contributed by atoms with Crippen LogP contribution in [0.5, 0.6) is 0 Å². The summed E-state index contributed by atoms with van der Waals surface area (Å²) in [6, 6.07) is 10.6. The number of hydrogen-bond donors (Lipinski definition) is 1. The third kappa shape index (κ3) is 8.31. The molecule has 0 nitrogen and oxygen atoms in total. The van der Waals surface area contributed by atoms with Crippen LogP contribution in [-0.2, 0) is 6.42 Å². The van der Waals surface area contributed by atoms with E-state index in [-0.39, 0.29) is 4.75 Å². The predicted molar refractivity (Wildman–Crippen MR) is 83.0 cm³/mol. The molecule has 0 N–H and O–H groups in total. The van der Waals surface area contributed by atoms with Gasteiger partial charge >= 0.3 is 0 Å². The molecule has 0 bridgehead atoms. The Morgan fingerprint density at radius 3 is 1.82 bits per heavy atom. The van der Waals surface area contributed by atoms with Gasteiger partial charge in [-0.2, -0.15) is 12.6 Å². The van der Waals surface area contributed by atoms with Gasteiger partial charge in [-0.05, 0) is 23.8 Å². The molecule has 0 saturated heterocycles. The zero-order valence-corrected chi connectivity index (χ0v) is 13.1. The van der Waals surface area contributed by atoms with Crippen molar-refractivity contribution in [2.24, 2.45) is 5.41 Å². The van der Waals surface area contributed by atoms with Crippen LogP contribution < -0.4 is 0 Å². The molecular weight excluding hydrogens is 224 g/mol. The summed E-state index contributed by atoms with van der Waals surface area (Å²) in [6.07, 6.45) is 2.16. The smallest absolute Gasteiger partial charge is 0.0147 e. The topological polar surface area (TPSA) is 0 Å². The van der Waals surface area contributed by atoms with Gasteiger partial charge in [-0.15, -0.1) is 0 Å². The van der Waals surface area contributed by atoms with E-state index in [0.717, 1.165) is 12.8 Å². The largest absolute Gasteiger partial charge is 0.172 e. The lowest BCUT2D eigenvalue weighted by Gasteiger charge is -2.31. The summed E-state index contributed by atoms with van der Waals surface area (Å²) in [7, 11) is 0. The van der Waals surface area contributed by atoms with Gasteiger partial charge in [0.1, 0.15) is 0 Å². The van der Waals surface area contributed by atoms with Crippen molar-refractivity contribution >= 4 is 12.6 Å². The van der Waals surface area contributed by atoms with Crippen molar-refractivity contribution < 1.29 is 0 Å². The molecule has 0 saturated carbocycles. The fourth-order valence-corrected chi connectivity index (χ4v) is 2.90. The molecule has 98 valence electrons. The molecule has 17 heavy (non-hydrogen) atoms. The highest BCUT2D eigenvalue weighted by molar-refractivity contribution is 7.81. The number of thiol groups is 1. The van der Waals surface area contributed by atoms with Crippen molar-refractivity contribution in [1.29, 1.82) is 0 Å². The molecule has 0 aromatic heterocycles. The minimum Gasteiger partial charge on any atom is -0.172 e. The van der Waals surface area contributed by atoms with Crippen molar-refractivity contribution in [2.45, 2.75) is 59.1 Å². The van der Waals surface area contributed by atoms with Crippen molar-refractivity contribution in [3.63, 3.8) is 0 Å². The van der Waals surface area contributed by atoms with Gasteiger partial charge in [0.25, 0.3) is 0 Å². The van der Waals surface area contributed by atoms with Crippen molar-refractivity contribution in [2.75, 3.05) is 0 Å². The summed E-state index contributed by atoms with van der Waals surface area (Å²) in [5.41, 5.74) is 1.71. The predicted octanol–water partition coefficient (Wildman–Crippen LogP) is 5.38. The standard InChI is InChI=1S/C14H22S.C2H6/c1-13(2,3)11-14(4,15)10-12-8-6-5-7-9-12;1-2/h5-9,15H,10-11H2,1-4H3;1-2H3. The van der Waals surface area contributed by atoms with Crippen LogP contribution in [0.2, 0.25) is 0 Å². The number of rotatable bonds is 3. The summed E-state index contributed by atoms with van der Waals surface area (Å²) in [4.78, 5) is 0. The lowest BCUT2D eigenvalue weighted by molar-refractivity contribution is 0.329. The second-order valence-corrected chi connectivity index (χ2v) is 6.98. The molecule has 0 spiro atoms. The van der Waals surface area contributed by atoms with E-state index in [4.69, 9.17) is 12.6 Å². The van der Waals surface area contributed by atoms with Crippen LogP contribution in [0.3, 0.4) is 0 Å². The molecule has 0 amide bonds. The minimum atomic E-state index is 0.0829. The molecule has 0 radical (unpaired) electrons. The highest BCUT2D eigenvalue weighted by Gasteiger charge is 2.26. The van der Waals surface area contributed by atoms with Crippen LogP contribution in [0, 0.1) is 5.41 Å². The van der Waals surface area contributed by atoms with Crippen LogP contribution in [0.4, 0.5) is 0 Å². The molecule has 1 atom stereocenters. The molecule has 0 aliphatic heterocycles. The van der Waals surface area contributed by atoms with Crippen LogP contribution in [0.1, 0.15) is 53.5 Å². The quantitative estimate of drug-likeness (QED) is 0.686. The average molecular weight is 252 g/mol. The zero-order chi connectivity index (χ0) is 13.5. The lowest BCUT2D eigenvalue weighted by Crippen LogP contribution is -2.27. The monoisotopic (exact) mass is 252 g/mol. The Morgan fingerprint density at radius 1 is 0.941 bits per heavy atom. The van der Waals surface area contributed by atoms with Gasteiger partial charge in [-0.3, -0.25) is 0 Å². The fourth-order valence-electron chi connectivity index (χ4n) is 2.24. The van der Waals surface area contributed by atoms with E-state index in [1.165, 1.54) is 5.56 Å². The van der Waals surface area contributed by atoms with E-state index in [9.17, 15) is 0 Å².